The number of aromatic nitrogens is 2. The van der Waals surface area contributed by atoms with Gasteiger partial charge in [0.25, 0.3) is 0 Å². The lowest BCUT2D eigenvalue weighted by atomic mass is 9.77. The van der Waals surface area contributed by atoms with E-state index in [-0.39, 0.29) is 12.1 Å². The van der Waals surface area contributed by atoms with Crippen LogP contribution in [-0.2, 0) is 6.42 Å². The summed E-state index contributed by atoms with van der Waals surface area (Å²) in [6, 6.07) is 8.61. The molecule has 0 radical (unpaired) electrons. The third-order valence-corrected chi connectivity index (χ3v) is 7.92. The summed E-state index contributed by atoms with van der Waals surface area (Å²) in [6.45, 7) is 2.27. The predicted molar refractivity (Wildman–Crippen MR) is 116 cm³/mol. The summed E-state index contributed by atoms with van der Waals surface area (Å²) >= 11 is 7.94. The van der Waals surface area contributed by atoms with Crippen molar-refractivity contribution in [3.63, 3.8) is 0 Å². The van der Waals surface area contributed by atoms with E-state index in [4.69, 9.17) is 16.7 Å². The molecule has 3 heterocycles. The number of nitrogens with zero attached hydrogens (tertiary/aromatic N) is 3. The van der Waals surface area contributed by atoms with Crippen molar-refractivity contribution in [3.8, 4) is 0 Å². The summed E-state index contributed by atoms with van der Waals surface area (Å²) in [6.07, 6.45) is 6.56. The Bertz CT molecular complexity index is 835. The van der Waals surface area contributed by atoms with Gasteiger partial charge in [0.05, 0.1) is 28.8 Å². The molecule has 7 heteroatoms. The van der Waals surface area contributed by atoms with Crippen LogP contribution in [0.4, 0.5) is 11.5 Å². The third kappa shape index (κ3) is 3.29. The number of halogens is 1. The highest BCUT2D eigenvalue weighted by Crippen LogP contribution is 2.43. The molecule has 28 heavy (non-hydrogen) atoms. The number of piperidine rings is 1. The van der Waals surface area contributed by atoms with Gasteiger partial charge in [-0.1, -0.05) is 11.6 Å². The van der Waals surface area contributed by atoms with Gasteiger partial charge in [-0.25, -0.2) is 0 Å². The van der Waals surface area contributed by atoms with Crippen molar-refractivity contribution in [3.05, 3.63) is 35.0 Å². The Hall–Kier alpha value is -1.37. The minimum absolute atomic E-state index is 0.145. The van der Waals surface area contributed by atoms with Gasteiger partial charge in [0.2, 0.25) is 0 Å². The molecule has 1 aromatic heterocycles. The fraction of sp³-hybridized carbons (Fsp3) is 0.571. The molecule has 0 amide bonds. The van der Waals surface area contributed by atoms with E-state index in [0.29, 0.717) is 6.04 Å². The molecule has 0 unspecified atom stereocenters. The average Bonchev–Trinajstić information content (AvgIpc) is 3.29. The van der Waals surface area contributed by atoms with Gasteiger partial charge in [0.1, 0.15) is 0 Å². The second-order valence-corrected chi connectivity index (χ2v) is 9.82. The fourth-order valence-electron chi connectivity index (χ4n) is 4.67. The Balaban J connectivity index is 1.32. The number of nitrogens with one attached hydrogen (secondary N) is 1. The normalized spacial score (nSPS) is 21.4. The van der Waals surface area contributed by atoms with Crippen molar-refractivity contribution in [2.75, 3.05) is 35.7 Å². The number of thioether (sulfide) groups is 1. The molecule has 2 N–H and O–H groups in total. The van der Waals surface area contributed by atoms with Crippen LogP contribution >= 0.6 is 23.4 Å². The van der Waals surface area contributed by atoms with E-state index in [1.807, 2.05) is 23.9 Å². The maximum Gasteiger partial charge on any atom is 0.162 e. The molecule has 2 fully saturated rings. The lowest BCUT2D eigenvalue weighted by Gasteiger charge is -2.41. The quantitative estimate of drug-likeness (QED) is 0.755. The molecule has 0 spiro atoms. The largest absolute Gasteiger partial charge is 0.394 e. The Morgan fingerprint density at radius 2 is 1.96 bits per heavy atom. The first-order chi connectivity index (χ1) is 13.7. The maximum absolute atomic E-state index is 9.84. The van der Waals surface area contributed by atoms with E-state index in [1.165, 1.54) is 22.7 Å². The molecule has 1 saturated heterocycles. The van der Waals surface area contributed by atoms with E-state index in [2.05, 4.69) is 27.0 Å². The second-order valence-electron chi connectivity index (χ2n) is 8.28. The number of fused-ring (bicyclic) bond motifs is 1. The van der Waals surface area contributed by atoms with Crippen LogP contribution in [0.5, 0.6) is 0 Å². The van der Waals surface area contributed by atoms with Crippen molar-refractivity contribution in [1.29, 1.82) is 0 Å². The number of rotatable bonds is 5. The van der Waals surface area contributed by atoms with Crippen LogP contribution in [0.15, 0.2) is 29.2 Å². The molecule has 5 nitrogen and oxygen atoms in total. The van der Waals surface area contributed by atoms with Crippen LogP contribution in [0.1, 0.15) is 43.8 Å². The molecular formula is C21H27ClN4OS. The molecule has 0 bridgehead atoms. The van der Waals surface area contributed by atoms with E-state index >= 15 is 0 Å². The van der Waals surface area contributed by atoms with Crippen LogP contribution in [0.2, 0.25) is 5.02 Å². The van der Waals surface area contributed by atoms with E-state index < -0.39 is 0 Å². The van der Waals surface area contributed by atoms with Gasteiger partial charge in [-0.15, -0.1) is 11.8 Å². The SMILES string of the molecule is OCC1(Nc2nn(C3CCN(c4ccc(Cl)cc4)CC3)c3c2SCC3)CCC1. The highest BCUT2D eigenvalue weighted by atomic mass is 35.5. The van der Waals surface area contributed by atoms with E-state index in [1.54, 1.807) is 0 Å². The zero-order chi connectivity index (χ0) is 19.1. The number of hydrogen-bond donors (Lipinski definition) is 2. The molecule has 0 atom stereocenters. The summed E-state index contributed by atoms with van der Waals surface area (Å²) in [5.41, 5.74) is 2.50. The van der Waals surface area contributed by atoms with Crippen molar-refractivity contribution in [2.45, 2.75) is 55.0 Å². The lowest BCUT2D eigenvalue weighted by Crippen LogP contribution is -2.48. The number of anilines is 2. The fourth-order valence-corrected chi connectivity index (χ4v) is 5.88. The topological polar surface area (TPSA) is 53.3 Å². The minimum atomic E-state index is -0.145. The Labute approximate surface area is 175 Å². The van der Waals surface area contributed by atoms with Crippen LogP contribution in [-0.4, -0.2) is 45.9 Å². The van der Waals surface area contributed by atoms with Crippen LogP contribution in [0.3, 0.4) is 0 Å². The van der Waals surface area contributed by atoms with Crippen molar-refractivity contribution >= 4 is 34.9 Å². The number of benzene rings is 1. The molecule has 3 aliphatic rings. The van der Waals surface area contributed by atoms with Crippen LogP contribution in [0.25, 0.3) is 0 Å². The lowest BCUT2D eigenvalue weighted by molar-refractivity contribution is 0.143. The molecule has 1 saturated carbocycles. The Kier molecular flexibility index (Phi) is 4.97. The zero-order valence-corrected chi connectivity index (χ0v) is 17.6. The smallest absolute Gasteiger partial charge is 0.162 e. The first-order valence-corrected chi connectivity index (χ1v) is 11.7. The number of aliphatic hydroxyl groups excluding tert-OH is 1. The summed E-state index contributed by atoms with van der Waals surface area (Å²) in [5, 5.41) is 19.3. The maximum atomic E-state index is 9.84. The number of aliphatic hydroxyl groups is 1. The first kappa shape index (κ1) is 18.6. The molecule has 1 aromatic carbocycles. The average molecular weight is 419 g/mol. The molecular weight excluding hydrogens is 392 g/mol. The van der Waals surface area contributed by atoms with E-state index in [0.717, 1.165) is 61.8 Å². The second kappa shape index (κ2) is 7.47. The van der Waals surface area contributed by atoms with Gasteiger partial charge in [0, 0.05) is 29.6 Å². The van der Waals surface area contributed by atoms with Gasteiger partial charge in [-0.2, -0.15) is 5.10 Å². The van der Waals surface area contributed by atoms with Crippen molar-refractivity contribution < 1.29 is 5.11 Å². The Morgan fingerprint density at radius 1 is 1.21 bits per heavy atom. The summed E-state index contributed by atoms with van der Waals surface area (Å²) in [7, 11) is 0. The highest BCUT2D eigenvalue weighted by molar-refractivity contribution is 7.99. The van der Waals surface area contributed by atoms with Gasteiger partial charge in [-0.3, -0.25) is 4.68 Å². The van der Waals surface area contributed by atoms with E-state index in [9.17, 15) is 5.11 Å². The first-order valence-electron chi connectivity index (χ1n) is 10.3. The third-order valence-electron chi connectivity index (χ3n) is 6.55. The zero-order valence-electron chi connectivity index (χ0n) is 16.0. The standard InChI is InChI=1S/C21H27ClN4OS/c22-15-2-4-16(5-3-15)25-11-6-17(7-12-25)26-18-8-13-28-19(18)20(24-26)23-21(14-27)9-1-10-21/h2-5,17,27H,1,6-14H2,(H,23,24). The monoisotopic (exact) mass is 418 g/mol. The summed E-state index contributed by atoms with van der Waals surface area (Å²) < 4.78 is 2.31. The van der Waals surface area contributed by atoms with Gasteiger partial charge < -0.3 is 15.3 Å². The van der Waals surface area contributed by atoms with Crippen molar-refractivity contribution in [2.24, 2.45) is 0 Å². The van der Waals surface area contributed by atoms with Gasteiger partial charge >= 0.3 is 0 Å². The highest BCUT2D eigenvalue weighted by Gasteiger charge is 2.39. The predicted octanol–water partition coefficient (Wildman–Crippen LogP) is 4.35. The molecule has 150 valence electrons. The Morgan fingerprint density at radius 3 is 2.61 bits per heavy atom. The van der Waals surface area contributed by atoms with Gasteiger partial charge in [0.15, 0.2) is 5.82 Å². The molecule has 1 aliphatic carbocycles. The summed E-state index contributed by atoms with van der Waals surface area (Å²) in [4.78, 5) is 3.76. The molecule has 5 rings (SSSR count). The van der Waals surface area contributed by atoms with Crippen molar-refractivity contribution in [1.82, 2.24) is 9.78 Å². The number of hydrogen-bond acceptors (Lipinski definition) is 5. The summed E-state index contributed by atoms with van der Waals surface area (Å²) in [5.74, 6) is 2.14. The molecule has 2 aliphatic heterocycles. The van der Waals surface area contributed by atoms with Gasteiger partial charge in [-0.05, 0) is 62.8 Å². The van der Waals surface area contributed by atoms with Crippen LogP contribution in [0, 0.1) is 0 Å². The van der Waals surface area contributed by atoms with Crippen LogP contribution < -0.4 is 10.2 Å². The molecule has 2 aromatic rings. The minimum Gasteiger partial charge on any atom is -0.394 e.